The number of rotatable bonds is 6. The van der Waals surface area contributed by atoms with Gasteiger partial charge in [0.2, 0.25) is 0 Å². The minimum atomic E-state index is -4.43. The highest BCUT2D eigenvalue weighted by atomic mass is 35.5. The van der Waals surface area contributed by atoms with E-state index >= 15 is 0 Å². The average molecular weight is 539 g/mol. The number of nitrogens with one attached hydrogen (secondary N) is 1. The van der Waals surface area contributed by atoms with Crippen LogP contribution >= 0.6 is 23.2 Å². The Kier molecular flexibility index (Phi) is 7.00. The van der Waals surface area contributed by atoms with Crippen molar-refractivity contribution < 1.29 is 13.2 Å². The summed E-state index contributed by atoms with van der Waals surface area (Å²) in [5.41, 5.74) is 3.49. The Labute approximate surface area is 221 Å². The van der Waals surface area contributed by atoms with Crippen LogP contribution in [0.5, 0.6) is 0 Å². The molecule has 0 bridgehead atoms. The number of fused-ring (bicyclic) bond motifs is 1. The molecule has 0 saturated heterocycles. The van der Waals surface area contributed by atoms with Crippen LogP contribution in [0, 0.1) is 0 Å². The van der Waals surface area contributed by atoms with Crippen molar-refractivity contribution in [3.05, 3.63) is 129 Å². The van der Waals surface area contributed by atoms with Gasteiger partial charge in [0, 0.05) is 27.5 Å². The summed E-state index contributed by atoms with van der Waals surface area (Å²) in [6, 6.07) is 23.7. The van der Waals surface area contributed by atoms with Crippen molar-refractivity contribution in [1.29, 1.82) is 0 Å². The van der Waals surface area contributed by atoms with Crippen molar-refractivity contribution in [2.75, 3.05) is 5.32 Å². The monoisotopic (exact) mass is 538 g/mol. The molecule has 0 atom stereocenters. The first kappa shape index (κ1) is 25.0. The second-order valence-electron chi connectivity index (χ2n) is 8.42. The van der Waals surface area contributed by atoms with E-state index in [1.54, 1.807) is 0 Å². The van der Waals surface area contributed by atoms with Crippen molar-refractivity contribution in [1.82, 2.24) is 15.0 Å². The van der Waals surface area contributed by atoms with Crippen LogP contribution in [-0.4, -0.2) is 15.0 Å². The Morgan fingerprint density at radius 2 is 1.35 bits per heavy atom. The zero-order chi connectivity index (χ0) is 26.0. The fraction of sp³-hybridized carbons (Fsp3) is 0.107. The Morgan fingerprint density at radius 3 is 1.92 bits per heavy atom. The van der Waals surface area contributed by atoms with E-state index in [4.69, 9.17) is 23.2 Å². The number of benzene rings is 3. The molecule has 0 spiro atoms. The first-order chi connectivity index (χ1) is 17.8. The zero-order valence-electron chi connectivity index (χ0n) is 19.2. The largest absolute Gasteiger partial charge is 0.417 e. The lowest BCUT2D eigenvalue weighted by atomic mass is 9.85. The van der Waals surface area contributed by atoms with E-state index in [0.29, 0.717) is 21.6 Å². The highest BCUT2D eigenvalue weighted by Crippen LogP contribution is 2.35. The Bertz CT molecular complexity index is 1480. The average Bonchev–Trinajstić information content (AvgIpc) is 2.89. The van der Waals surface area contributed by atoms with E-state index in [9.17, 15) is 13.2 Å². The summed E-state index contributed by atoms with van der Waals surface area (Å²) in [5.74, 6) is 0.447. The maximum absolute atomic E-state index is 12.8. The smallest absolute Gasteiger partial charge is 0.364 e. The fourth-order valence-electron chi connectivity index (χ4n) is 4.15. The summed E-state index contributed by atoms with van der Waals surface area (Å²) in [5, 5.41) is 5.26. The summed E-state index contributed by atoms with van der Waals surface area (Å²) in [7, 11) is 0. The van der Waals surface area contributed by atoms with E-state index < -0.39 is 11.7 Å². The number of alkyl halides is 3. The van der Waals surface area contributed by atoms with Gasteiger partial charge < -0.3 is 5.32 Å². The lowest BCUT2D eigenvalue weighted by Gasteiger charge is -2.20. The SMILES string of the molecule is FC(F)(F)c1ccc(CNc2ncnc3ccc(C(c4ccc(Cl)cc4)c4ccc(Cl)cc4)cc23)nc1. The number of halogens is 5. The minimum Gasteiger partial charge on any atom is -0.364 e. The van der Waals surface area contributed by atoms with E-state index in [2.05, 4.69) is 20.3 Å². The van der Waals surface area contributed by atoms with Crippen molar-refractivity contribution in [2.45, 2.75) is 18.6 Å². The van der Waals surface area contributed by atoms with Crippen LogP contribution in [0.25, 0.3) is 10.9 Å². The van der Waals surface area contributed by atoms with E-state index in [1.807, 2.05) is 66.7 Å². The van der Waals surface area contributed by atoms with Crippen molar-refractivity contribution in [3.63, 3.8) is 0 Å². The van der Waals surface area contributed by atoms with Crippen LogP contribution in [0.1, 0.15) is 33.9 Å². The molecular formula is C28H19Cl2F3N4. The molecular weight excluding hydrogens is 520 g/mol. The Hall–Kier alpha value is -3.68. The molecule has 0 fully saturated rings. The van der Waals surface area contributed by atoms with Crippen molar-refractivity contribution in [2.24, 2.45) is 0 Å². The van der Waals surface area contributed by atoms with Crippen LogP contribution in [0.15, 0.2) is 91.4 Å². The van der Waals surface area contributed by atoms with Crippen LogP contribution < -0.4 is 5.32 Å². The molecule has 0 aliphatic carbocycles. The van der Waals surface area contributed by atoms with Gasteiger partial charge in [0.1, 0.15) is 12.1 Å². The van der Waals surface area contributed by atoms with Gasteiger partial charge in [-0.1, -0.05) is 53.5 Å². The molecule has 0 radical (unpaired) electrons. The van der Waals surface area contributed by atoms with Gasteiger partial charge in [0.05, 0.1) is 23.3 Å². The number of aromatic nitrogens is 3. The molecule has 2 heterocycles. The summed E-state index contributed by atoms with van der Waals surface area (Å²) in [6.07, 6.45) is -2.15. The summed E-state index contributed by atoms with van der Waals surface area (Å²) in [4.78, 5) is 12.7. The van der Waals surface area contributed by atoms with Crippen LogP contribution in [0.3, 0.4) is 0 Å². The minimum absolute atomic E-state index is 0.108. The lowest BCUT2D eigenvalue weighted by Crippen LogP contribution is -2.08. The Balaban J connectivity index is 1.50. The van der Waals surface area contributed by atoms with Gasteiger partial charge in [-0.15, -0.1) is 0 Å². The van der Waals surface area contributed by atoms with E-state index in [0.717, 1.165) is 39.9 Å². The predicted molar refractivity (Wildman–Crippen MR) is 140 cm³/mol. The van der Waals surface area contributed by atoms with Gasteiger partial charge in [-0.25, -0.2) is 9.97 Å². The van der Waals surface area contributed by atoms with Gasteiger partial charge in [0.25, 0.3) is 0 Å². The predicted octanol–water partition coefficient (Wildman–Crippen LogP) is 8.14. The molecule has 9 heteroatoms. The standard InChI is InChI=1S/C28H19Cl2F3N4/c29-21-7-1-17(2-8-21)26(18-3-9-22(30)10-4-18)19-5-12-25-24(13-19)27(37-16-36-25)35-15-23-11-6-20(14-34-23)28(31,32)33/h1-14,16,26H,15H2,(H,35,36,37). The van der Waals surface area contributed by atoms with Crippen LogP contribution in [-0.2, 0) is 12.7 Å². The lowest BCUT2D eigenvalue weighted by molar-refractivity contribution is -0.137. The first-order valence-electron chi connectivity index (χ1n) is 11.3. The molecule has 0 saturated carbocycles. The number of nitrogens with zero attached hydrogens (tertiary/aromatic N) is 3. The van der Waals surface area contributed by atoms with Crippen molar-refractivity contribution >= 4 is 39.9 Å². The van der Waals surface area contributed by atoms with E-state index in [1.165, 1.54) is 12.4 Å². The highest BCUT2D eigenvalue weighted by Gasteiger charge is 2.30. The normalized spacial score (nSPS) is 11.7. The quantitative estimate of drug-likeness (QED) is 0.221. The molecule has 4 nitrogen and oxygen atoms in total. The number of hydrogen-bond donors (Lipinski definition) is 1. The maximum Gasteiger partial charge on any atom is 0.417 e. The highest BCUT2D eigenvalue weighted by molar-refractivity contribution is 6.30. The summed E-state index contributed by atoms with van der Waals surface area (Å²) < 4.78 is 38.5. The van der Waals surface area contributed by atoms with E-state index in [-0.39, 0.29) is 12.5 Å². The molecule has 1 N–H and O–H groups in total. The Morgan fingerprint density at radius 1 is 0.730 bits per heavy atom. The summed E-state index contributed by atoms with van der Waals surface area (Å²) >= 11 is 12.3. The number of hydrogen-bond acceptors (Lipinski definition) is 4. The molecule has 2 aromatic heterocycles. The fourth-order valence-corrected chi connectivity index (χ4v) is 4.41. The molecule has 0 unspecified atom stereocenters. The molecule has 186 valence electrons. The molecule has 3 aromatic carbocycles. The topological polar surface area (TPSA) is 50.7 Å². The van der Waals surface area contributed by atoms with Gasteiger partial charge in [-0.05, 0) is 65.2 Å². The number of pyridine rings is 1. The maximum atomic E-state index is 12.8. The molecule has 0 aliphatic heterocycles. The molecule has 5 aromatic rings. The van der Waals surface area contributed by atoms with Crippen LogP contribution in [0.2, 0.25) is 10.0 Å². The summed E-state index contributed by atoms with van der Waals surface area (Å²) in [6.45, 7) is 0.201. The number of anilines is 1. The second kappa shape index (κ2) is 10.4. The van der Waals surface area contributed by atoms with Gasteiger partial charge in [-0.2, -0.15) is 13.2 Å². The van der Waals surface area contributed by atoms with Gasteiger partial charge in [0.15, 0.2) is 0 Å². The molecule has 0 amide bonds. The third-order valence-corrected chi connectivity index (χ3v) is 6.49. The second-order valence-corrected chi connectivity index (χ2v) is 9.30. The van der Waals surface area contributed by atoms with Gasteiger partial charge >= 0.3 is 6.18 Å². The first-order valence-corrected chi connectivity index (χ1v) is 12.0. The van der Waals surface area contributed by atoms with Gasteiger partial charge in [-0.3, -0.25) is 4.98 Å². The van der Waals surface area contributed by atoms with Crippen LogP contribution in [0.4, 0.5) is 19.0 Å². The molecule has 0 aliphatic rings. The molecule has 37 heavy (non-hydrogen) atoms. The third-order valence-electron chi connectivity index (χ3n) is 5.99. The zero-order valence-corrected chi connectivity index (χ0v) is 20.7. The third kappa shape index (κ3) is 5.68. The molecule has 5 rings (SSSR count). The van der Waals surface area contributed by atoms with Crippen molar-refractivity contribution in [3.8, 4) is 0 Å².